The van der Waals surface area contributed by atoms with E-state index in [2.05, 4.69) is 83.8 Å². The smallest absolute Gasteiger partial charge is 0.0582 e. The van der Waals surface area contributed by atoms with Crippen LogP contribution in [0.4, 0.5) is 5.69 Å². The van der Waals surface area contributed by atoms with Crippen LogP contribution in [-0.2, 0) is 0 Å². The molecule has 0 unspecified atom stereocenters. The second-order valence-electron chi connectivity index (χ2n) is 9.40. The van der Waals surface area contributed by atoms with Gasteiger partial charge in [0.25, 0.3) is 0 Å². The zero-order valence-corrected chi connectivity index (χ0v) is 17.6. The second-order valence-corrected chi connectivity index (χ2v) is 9.84. The van der Waals surface area contributed by atoms with Gasteiger partial charge in [-0.05, 0) is 70.3 Å². The Balaban J connectivity index is 1.54. The molecule has 2 heterocycles. The van der Waals surface area contributed by atoms with E-state index < -0.39 is 0 Å². The molecule has 2 heteroatoms. The number of rotatable bonds is 1. The van der Waals surface area contributed by atoms with E-state index >= 15 is 0 Å². The fraction of sp³-hybridized carbons (Fsp3) is 0.286. The summed E-state index contributed by atoms with van der Waals surface area (Å²) in [5.41, 5.74) is 6.05. The molecular weight excluding hydrogens is 386 g/mol. The van der Waals surface area contributed by atoms with Crippen LogP contribution in [0.3, 0.4) is 0 Å². The van der Waals surface area contributed by atoms with E-state index in [0.29, 0.717) is 29.7 Å². The minimum Gasteiger partial charge on any atom is -0.363 e. The van der Waals surface area contributed by atoms with Crippen molar-refractivity contribution >= 4 is 28.1 Å². The number of nitrogens with zero attached hydrogens (tertiary/aromatic N) is 1. The van der Waals surface area contributed by atoms with E-state index in [1.807, 2.05) is 0 Å². The molecule has 2 aliphatic carbocycles. The lowest BCUT2D eigenvalue weighted by Gasteiger charge is -2.51. The molecule has 0 bridgehead atoms. The largest absolute Gasteiger partial charge is 0.363 e. The van der Waals surface area contributed by atoms with Crippen molar-refractivity contribution in [3.63, 3.8) is 0 Å². The predicted molar refractivity (Wildman–Crippen MR) is 125 cm³/mol. The van der Waals surface area contributed by atoms with Crippen molar-refractivity contribution in [2.75, 3.05) is 11.4 Å². The van der Waals surface area contributed by atoms with Crippen molar-refractivity contribution in [1.82, 2.24) is 0 Å². The summed E-state index contributed by atoms with van der Waals surface area (Å²) in [5.74, 6) is 2.33. The highest BCUT2D eigenvalue weighted by atomic mass is 35.5. The first-order chi connectivity index (χ1) is 14.8. The summed E-state index contributed by atoms with van der Waals surface area (Å²) in [5, 5.41) is 3.66. The minimum atomic E-state index is 0.413. The van der Waals surface area contributed by atoms with Crippen LogP contribution >= 0.6 is 11.6 Å². The second kappa shape index (κ2) is 6.25. The Hall–Kier alpha value is -2.51. The molecule has 148 valence electrons. The summed E-state index contributed by atoms with van der Waals surface area (Å²) in [6.45, 7) is 1.15. The maximum Gasteiger partial charge on any atom is 0.0582 e. The SMILES string of the molecule is Clc1ccc([C@@H]2[C@@H]3CC=C[C@@H]3c3c4c(cc5ccccc35)[C@@H]3C=CC[C@@H]3CN42)cc1. The monoisotopic (exact) mass is 409 g/mol. The van der Waals surface area contributed by atoms with Gasteiger partial charge in [-0.15, -0.1) is 0 Å². The Labute approximate surface area is 182 Å². The molecule has 30 heavy (non-hydrogen) atoms. The van der Waals surface area contributed by atoms with E-state index in [4.69, 9.17) is 11.6 Å². The van der Waals surface area contributed by atoms with Crippen LogP contribution in [0.2, 0.25) is 5.02 Å². The number of halogens is 1. The standard InChI is InChI=1S/C28H24ClN/c29-20-13-11-17(12-14-20)27-24-10-4-9-23(24)26-22-7-2-1-5-18(22)15-25-21-8-3-6-19(21)16-30(27)28(25)26/h1-5,7-9,11-15,19,21,23-24,27H,6,10,16H2/t19-,21-,23+,24-,27-/m1/s1. The third-order valence-corrected chi connectivity index (χ3v) is 8.21. The summed E-state index contributed by atoms with van der Waals surface area (Å²) in [7, 11) is 0. The molecule has 0 fully saturated rings. The zero-order valence-electron chi connectivity index (χ0n) is 16.8. The minimum absolute atomic E-state index is 0.413. The predicted octanol–water partition coefficient (Wildman–Crippen LogP) is 7.39. The number of fused-ring (bicyclic) bond motifs is 6. The third-order valence-electron chi connectivity index (χ3n) is 7.96. The Morgan fingerprint density at radius 3 is 2.57 bits per heavy atom. The van der Waals surface area contributed by atoms with Gasteiger partial charge in [-0.25, -0.2) is 0 Å². The van der Waals surface area contributed by atoms with Gasteiger partial charge in [0.1, 0.15) is 0 Å². The lowest BCUT2D eigenvalue weighted by atomic mass is 9.69. The molecule has 5 atom stereocenters. The molecule has 3 aromatic rings. The van der Waals surface area contributed by atoms with Gasteiger partial charge >= 0.3 is 0 Å². The lowest BCUT2D eigenvalue weighted by molar-refractivity contribution is 0.336. The number of hydrogen-bond acceptors (Lipinski definition) is 1. The lowest BCUT2D eigenvalue weighted by Crippen LogP contribution is -2.46. The van der Waals surface area contributed by atoms with Crippen LogP contribution in [0.1, 0.15) is 47.4 Å². The van der Waals surface area contributed by atoms with Crippen LogP contribution < -0.4 is 4.90 Å². The number of allylic oxidation sites excluding steroid dienone is 4. The first-order valence-corrected chi connectivity index (χ1v) is 11.6. The quantitative estimate of drug-likeness (QED) is 0.379. The van der Waals surface area contributed by atoms with E-state index in [9.17, 15) is 0 Å². The van der Waals surface area contributed by atoms with Crippen molar-refractivity contribution in [1.29, 1.82) is 0 Å². The van der Waals surface area contributed by atoms with Gasteiger partial charge in [-0.1, -0.05) is 72.3 Å². The summed E-state index contributed by atoms with van der Waals surface area (Å²) in [6, 6.07) is 20.6. The van der Waals surface area contributed by atoms with E-state index in [1.165, 1.54) is 28.4 Å². The van der Waals surface area contributed by atoms with Crippen molar-refractivity contribution < 1.29 is 0 Å². The van der Waals surface area contributed by atoms with E-state index in [1.54, 1.807) is 11.1 Å². The van der Waals surface area contributed by atoms with Gasteiger partial charge in [0.15, 0.2) is 0 Å². The molecular formula is C28H24ClN. The molecule has 0 radical (unpaired) electrons. The van der Waals surface area contributed by atoms with Gasteiger partial charge < -0.3 is 4.90 Å². The van der Waals surface area contributed by atoms with Gasteiger partial charge in [-0.2, -0.15) is 0 Å². The molecule has 0 aromatic heterocycles. The van der Waals surface area contributed by atoms with Gasteiger partial charge in [0.2, 0.25) is 0 Å². The molecule has 2 aliphatic heterocycles. The highest BCUT2D eigenvalue weighted by molar-refractivity contribution is 6.30. The number of hydrogen-bond donors (Lipinski definition) is 0. The summed E-state index contributed by atoms with van der Waals surface area (Å²) in [4.78, 5) is 2.78. The Bertz CT molecular complexity index is 1220. The molecule has 0 spiro atoms. The van der Waals surface area contributed by atoms with Crippen LogP contribution in [0.5, 0.6) is 0 Å². The van der Waals surface area contributed by atoms with Gasteiger partial charge in [0.05, 0.1) is 6.04 Å². The molecule has 1 nitrogen and oxygen atoms in total. The van der Waals surface area contributed by atoms with Crippen LogP contribution in [0.25, 0.3) is 10.8 Å². The topological polar surface area (TPSA) is 3.24 Å². The van der Waals surface area contributed by atoms with Crippen molar-refractivity contribution in [2.45, 2.75) is 30.7 Å². The molecule has 7 rings (SSSR count). The number of benzene rings is 3. The van der Waals surface area contributed by atoms with Crippen LogP contribution in [0.15, 0.2) is 78.9 Å². The van der Waals surface area contributed by atoms with Crippen LogP contribution in [-0.4, -0.2) is 6.54 Å². The molecule has 3 aromatic carbocycles. The molecule has 0 amide bonds. The Morgan fingerprint density at radius 1 is 0.867 bits per heavy atom. The summed E-state index contributed by atoms with van der Waals surface area (Å²) < 4.78 is 0. The average Bonchev–Trinajstić information content (AvgIpc) is 3.44. The first-order valence-electron chi connectivity index (χ1n) is 11.2. The summed E-state index contributed by atoms with van der Waals surface area (Å²) in [6.07, 6.45) is 12.1. The van der Waals surface area contributed by atoms with Crippen molar-refractivity contribution in [3.05, 3.63) is 101 Å². The Morgan fingerprint density at radius 2 is 1.67 bits per heavy atom. The zero-order chi connectivity index (χ0) is 19.8. The molecule has 0 saturated heterocycles. The fourth-order valence-corrected chi connectivity index (χ4v) is 6.90. The third kappa shape index (κ3) is 2.25. The first kappa shape index (κ1) is 17.2. The fourth-order valence-electron chi connectivity index (χ4n) is 6.77. The summed E-state index contributed by atoms with van der Waals surface area (Å²) >= 11 is 6.25. The highest BCUT2D eigenvalue weighted by Gasteiger charge is 2.48. The maximum atomic E-state index is 6.25. The molecule has 0 saturated carbocycles. The van der Waals surface area contributed by atoms with Crippen molar-refractivity contribution in [2.24, 2.45) is 11.8 Å². The number of anilines is 1. The van der Waals surface area contributed by atoms with Crippen molar-refractivity contribution in [3.8, 4) is 0 Å². The normalized spacial score (nSPS) is 30.4. The highest BCUT2D eigenvalue weighted by Crippen LogP contribution is 2.60. The van der Waals surface area contributed by atoms with Crippen LogP contribution in [0, 0.1) is 11.8 Å². The molecule has 0 N–H and O–H groups in total. The van der Waals surface area contributed by atoms with Gasteiger partial charge in [0, 0.05) is 29.1 Å². The Kier molecular flexibility index (Phi) is 3.58. The van der Waals surface area contributed by atoms with E-state index in [0.717, 1.165) is 18.0 Å². The van der Waals surface area contributed by atoms with Gasteiger partial charge in [-0.3, -0.25) is 0 Å². The molecule has 4 aliphatic rings. The van der Waals surface area contributed by atoms with E-state index in [-0.39, 0.29) is 0 Å². The maximum absolute atomic E-state index is 6.25. The average molecular weight is 410 g/mol.